The van der Waals surface area contributed by atoms with Gasteiger partial charge in [-0.15, -0.1) is 0 Å². The summed E-state index contributed by atoms with van der Waals surface area (Å²) in [6.45, 7) is 0. The molecule has 0 unspecified atom stereocenters. The molecule has 9 heteroatoms. The van der Waals surface area contributed by atoms with Crippen LogP contribution in [0.25, 0.3) is 0 Å². The number of rotatable bonds is 5. The Morgan fingerprint density at radius 3 is 2.68 bits per heavy atom. The van der Waals surface area contributed by atoms with E-state index in [4.69, 9.17) is 5.73 Å². The summed E-state index contributed by atoms with van der Waals surface area (Å²) in [5, 5.41) is 0. The highest BCUT2D eigenvalue weighted by Gasteiger charge is 2.17. The Kier molecular flexibility index (Phi) is 4.78. The number of anilines is 1. The van der Waals surface area contributed by atoms with E-state index in [0.717, 1.165) is 19.2 Å². The molecule has 3 N–H and O–H groups in total. The summed E-state index contributed by atoms with van der Waals surface area (Å²) in [4.78, 5) is 10.7. The third-order valence-electron chi connectivity index (χ3n) is 2.04. The lowest BCUT2D eigenvalue weighted by atomic mass is 10.2. The molecular weight excluding hydrogens is 295 g/mol. The Labute approximate surface area is 114 Å². The summed E-state index contributed by atoms with van der Waals surface area (Å²) >= 11 is 4.63. The predicted molar refractivity (Wildman–Crippen MR) is 71.7 cm³/mol. The molecule has 0 aliphatic carbocycles. The van der Waals surface area contributed by atoms with Gasteiger partial charge in [-0.25, -0.2) is 12.8 Å². The molecule has 0 amide bonds. The van der Waals surface area contributed by atoms with Crippen molar-refractivity contribution in [2.45, 2.75) is 0 Å². The molecule has 6 nitrogen and oxygen atoms in total. The van der Waals surface area contributed by atoms with E-state index >= 15 is 0 Å². The zero-order valence-corrected chi connectivity index (χ0v) is 11.5. The number of benzene rings is 1. The average molecular weight is 306 g/mol. The SMILES string of the molecule is COC(=O)CS(=O)(=O)Nc1ccc(F)c(C(N)=S)c1. The van der Waals surface area contributed by atoms with Gasteiger partial charge in [-0.3, -0.25) is 9.52 Å². The first-order valence-electron chi connectivity index (χ1n) is 4.92. The van der Waals surface area contributed by atoms with Crippen LogP contribution in [0.1, 0.15) is 5.56 Å². The fraction of sp³-hybridized carbons (Fsp3) is 0.200. The van der Waals surface area contributed by atoms with Crippen LogP contribution in [-0.4, -0.2) is 32.2 Å². The molecule has 1 aromatic rings. The van der Waals surface area contributed by atoms with E-state index in [2.05, 4.69) is 21.7 Å². The number of sulfonamides is 1. The maximum absolute atomic E-state index is 13.3. The lowest BCUT2D eigenvalue weighted by molar-refractivity contribution is -0.137. The maximum atomic E-state index is 13.3. The van der Waals surface area contributed by atoms with E-state index in [-0.39, 0.29) is 16.2 Å². The number of nitrogens with one attached hydrogen (secondary N) is 1. The molecule has 0 bridgehead atoms. The molecule has 0 atom stereocenters. The van der Waals surface area contributed by atoms with Crippen LogP contribution in [0.2, 0.25) is 0 Å². The summed E-state index contributed by atoms with van der Waals surface area (Å²) < 4.78 is 42.8. The van der Waals surface area contributed by atoms with Gasteiger partial charge in [-0.05, 0) is 18.2 Å². The molecule has 1 rings (SSSR count). The largest absolute Gasteiger partial charge is 0.468 e. The topological polar surface area (TPSA) is 98.5 Å². The molecule has 104 valence electrons. The minimum Gasteiger partial charge on any atom is -0.468 e. The monoisotopic (exact) mass is 306 g/mol. The van der Waals surface area contributed by atoms with Gasteiger partial charge in [0.1, 0.15) is 10.8 Å². The van der Waals surface area contributed by atoms with Crippen molar-refractivity contribution >= 4 is 38.9 Å². The number of hydrogen-bond acceptors (Lipinski definition) is 5. The number of nitrogens with two attached hydrogens (primary N) is 1. The number of ether oxygens (including phenoxy) is 1. The molecule has 0 saturated heterocycles. The number of carbonyl (C=O) groups is 1. The maximum Gasteiger partial charge on any atom is 0.322 e. The Morgan fingerprint density at radius 2 is 2.16 bits per heavy atom. The molecule has 0 aliphatic rings. The summed E-state index contributed by atoms with van der Waals surface area (Å²) in [6.07, 6.45) is 0. The van der Waals surface area contributed by atoms with Crippen LogP contribution in [0.15, 0.2) is 18.2 Å². The lowest BCUT2D eigenvalue weighted by Crippen LogP contribution is -2.24. The van der Waals surface area contributed by atoms with Crippen LogP contribution >= 0.6 is 12.2 Å². The Balaban J connectivity index is 2.97. The highest BCUT2D eigenvalue weighted by molar-refractivity contribution is 7.93. The van der Waals surface area contributed by atoms with Gasteiger partial charge in [0.05, 0.1) is 7.11 Å². The molecule has 0 radical (unpaired) electrons. The van der Waals surface area contributed by atoms with Crippen molar-refractivity contribution in [3.05, 3.63) is 29.6 Å². The lowest BCUT2D eigenvalue weighted by Gasteiger charge is -2.09. The third-order valence-corrected chi connectivity index (χ3v) is 3.42. The molecule has 0 aliphatic heterocycles. The Morgan fingerprint density at radius 1 is 1.53 bits per heavy atom. The second-order valence-electron chi connectivity index (χ2n) is 3.50. The molecule has 0 spiro atoms. The van der Waals surface area contributed by atoms with Crippen molar-refractivity contribution in [2.75, 3.05) is 17.6 Å². The Bertz CT molecular complexity index is 616. The van der Waals surface area contributed by atoms with Crippen LogP contribution in [0.5, 0.6) is 0 Å². The third kappa shape index (κ3) is 4.45. The number of hydrogen-bond donors (Lipinski definition) is 2. The van der Waals surface area contributed by atoms with Gasteiger partial charge in [-0.1, -0.05) is 12.2 Å². The van der Waals surface area contributed by atoms with Gasteiger partial charge in [0.15, 0.2) is 5.75 Å². The molecular formula is C10H11FN2O4S2. The van der Waals surface area contributed by atoms with Crippen LogP contribution in [0.4, 0.5) is 10.1 Å². The number of carbonyl (C=O) groups excluding carboxylic acids is 1. The van der Waals surface area contributed by atoms with Crippen molar-refractivity contribution in [2.24, 2.45) is 5.73 Å². The molecule has 19 heavy (non-hydrogen) atoms. The first-order valence-corrected chi connectivity index (χ1v) is 6.98. The zero-order chi connectivity index (χ0) is 14.6. The van der Waals surface area contributed by atoms with E-state index in [1.165, 1.54) is 6.07 Å². The minimum atomic E-state index is -3.93. The highest BCUT2D eigenvalue weighted by Crippen LogP contribution is 2.16. The van der Waals surface area contributed by atoms with Crippen molar-refractivity contribution in [1.82, 2.24) is 0 Å². The van der Waals surface area contributed by atoms with Gasteiger partial charge >= 0.3 is 5.97 Å². The van der Waals surface area contributed by atoms with Crippen molar-refractivity contribution in [3.8, 4) is 0 Å². The summed E-state index contributed by atoms with van der Waals surface area (Å²) in [6, 6.07) is 3.35. The van der Waals surface area contributed by atoms with E-state index < -0.39 is 27.6 Å². The van der Waals surface area contributed by atoms with E-state index in [0.29, 0.717) is 0 Å². The normalized spacial score (nSPS) is 10.8. The van der Waals surface area contributed by atoms with Gasteiger partial charge in [0.25, 0.3) is 0 Å². The predicted octanol–water partition coefficient (Wildman–Crippen LogP) is 0.375. The van der Waals surface area contributed by atoms with Crippen LogP contribution in [0.3, 0.4) is 0 Å². The van der Waals surface area contributed by atoms with E-state index in [1.807, 2.05) is 0 Å². The summed E-state index contributed by atoms with van der Waals surface area (Å²) in [7, 11) is -2.86. The van der Waals surface area contributed by atoms with E-state index in [9.17, 15) is 17.6 Å². The number of esters is 1. The van der Waals surface area contributed by atoms with Crippen molar-refractivity contribution < 1.29 is 22.3 Å². The highest BCUT2D eigenvalue weighted by atomic mass is 32.2. The standard InChI is InChI=1S/C10H11FN2O4S2/c1-17-9(14)5-19(15,16)13-6-2-3-8(11)7(4-6)10(12)18/h2-4,13H,5H2,1H3,(H2,12,18). The first-order chi connectivity index (χ1) is 8.75. The molecule has 0 saturated carbocycles. The molecule has 0 heterocycles. The van der Waals surface area contributed by atoms with Gasteiger partial charge < -0.3 is 10.5 Å². The molecule has 0 aromatic heterocycles. The fourth-order valence-electron chi connectivity index (χ4n) is 1.21. The quantitative estimate of drug-likeness (QED) is 0.602. The fourth-order valence-corrected chi connectivity index (χ4v) is 2.35. The number of thiocarbonyl (C=S) groups is 1. The smallest absolute Gasteiger partial charge is 0.322 e. The first kappa shape index (κ1) is 15.3. The van der Waals surface area contributed by atoms with Crippen molar-refractivity contribution in [3.63, 3.8) is 0 Å². The molecule has 1 aromatic carbocycles. The van der Waals surface area contributed by atoms with Crippen LogP contribution in [-0.2, 0) is 19.6 Å². The average Bonchev–Trinajstić information content (AvgIpc) is 2.30. The van der Waals surface area contributed by atoms with E-state index in [1.54, 1.807) is 0 Å². The Hall–Kier alpha value is -1.74. The second-order valence-corrected chi connectivity index (χ2v) is 5.66. The minimum absolute atomic E-state index is 0.0492. The van der Waals surface area contributed by atoms with Gasteiger partial charge in [0, 0.05) is 11.3 Å². The van der Waals surface area contributed by atoms with Gasteiger partial charge in [0.2, 0.25) is 10.0 Å². The number of methoxy groups -OCH3 is 1. The van der Waals surface area contributed by atoms with Crippen molar-refractivity contribution in [1.29, 1.82) is 0 Å². The zero-order valence-electron chi connectivity index (χ0n) is 9.84. The molecule has 0 fully saturated rings. The summed E-state index contributed by atoms with van der Waals surface area (Å²) in [5.74, 6) is -2.42. The van der Waals surface area contributed by atoms with Crippen LogP contribution < -0.4 is 10.5 Å². The second kappa shape index (κ2) is 5.93. The number of halogens is 1. The summed E-state index contributed by atoms with van der Waals surface area (Å²) in [5.41, 5.74) is 5.25. The van der Waals surface area contributed by atoms with Gasteiger partial charge in [-0.2, -0.15) is 0 Å². The van der Waals surface area contributed by atoms with Crippen LogP contribution in [0, 0.1) is 5.82 Å².